The van der Waals surface area contributed by atoms with Crippen LogP contribution in [0.5, 0.6) is 5.75 Å². The third-order valence-corrected chi connectivity index (χ3v) is 5.83. The van der Waals surface area contributed by atoms with Gasteiger partial charge >= 0.3 is 0 Å². The monoisotopic (exact) mass is 375 g/mol. The van der Waals surface area contributed by atoms with E-state index in [4.69, 9.17) is 4.74 Å². The molecule has 0 spiro atoms. The standard InChI is InChI=1S/C15H22BrNO3S/c1-15(2,3)17-9-11-8-12(4-5-14(11)16)20-13-6-7-21(18,19)10-13/h4-5,8,13,17H,6-7,9-10H2,1-3H3. The van der Waals surface area contributed by atoms with Gasteiger partial charge in [-0.25, -0.2) is 8.42 Å². The van der Waals surface area contributed by atoms with Crippen molar-refractivity contribution in [1.29, 1.82) is 0 Å². The fraction of sp³-hybridized carbons (Fsp3) is 0.600. The molecule has 1 saturated heterocycles. The van der Waals surface area contributed by atoms with E-state index < -0.39 is 9.84 Å². The van der Waals surface area contributed by atoms with Gasteiger partial charge in [0.2, 0.25) is 0 Å². The van der Waals surface area contributed by atoms with Crippen molar-refractivity contribution >= 4 is 25.8 Å². The molecule has 0 aliphatic carbocycles. The summed E-state index contributed by atoms with van der Waals surface area (Å²) in [6, 6.07) is 5.78. The minimum atomic E-state index is -2.91. The number of hydrogen-bond donors (Lipinski definition) is 1. The van der Waals surface area contributed by atoms with Gasteiger partial charge in [0, 0.05) is 16.6 Å². The highest BCUT2D eigenvalue weighted by Crippen LogP contribution is 2.26. The molecule has 1 unspecified atom stereocenters. The normalized spacial score (nSPS) is 21.4. The molecule has 1 aromatic rings. The van der Waals surface area contributed by atoms with Gasteiger partial charge in [0.25, 0.3) is 0 Å². The molecule has 6 heteroatoms. The van der Waals surface area contributed by atoms with E-state index in [1.807, 2.05) is 18.2 Å². The Balaban J connectivity index is 2.05. The van der Waals surface area contributed by atoms with Crippen LogP contribution in [-0.4, -0.2) is 31.6 Å². The molecule has 4 nitrogen and oxygen atoms in total. The van der Waals surface area contributed by atoms with Crippen LogP contribution < -0.4 is 10.1 Å². The first-order chi connectivity index (χ1) is 9.65. The number of sulfone groups is 1. The van der Waals surface area contributed by atoms with E-state index in [1.54, 1.807) is 0 Å². The summed E-state index contributed by atoms with van der Waals surface area (Å²) < 4.78 is 29.8. The Kier molecular flexibility index (Phi) is 5.00. The van der Waals surface area contributed by atoms with Gasteiger partial charge in [0.1, 0.15) is 11.9 Å². The maximum Gasteiger partial charge on any atom is 0.154 e. The molecule has 1 fully saturated rings. The molecule has 118 valence electrons. The molecule has 1 aromatic carbocycles. The van der Waals surface area contributed by atoms with Crippen LogP contribution in [0.15, 0.2) is 22.7 Å². The summed E-state index contributed by atoms with van der Waals surface area (Å²) in [7, 11) is -2.91. The van der Waals surface area contributed by atoms with Crippen molar-refractivity contribution in [1.82, 2.24) is 5.32 Å². The summed E-state index contributed by atoms with van der Waals surface area (Å²) in [6.07, 6.45) is 0.355. The summed E-state index contributed by atoms with van der Waals surface area (Å²) in [5, 5.41) is 3.43. The van der Waals surface area contributed by atoms with Crippen LogP contribution in [0, 0.1) is 0 Å². The Morgan fingerprint density at radius 2 is 2.10 bits per heavy atom. The molecule has 1 N–H and O–H groups in total. The zero-order valence-electron chi connectivity index (χ0n) is 12.6. The largest absolute Gasteiger partial charge is 0.489 e. The van der Waals surface area contributed by atoms with E-state index in [-0.39, 0.29) is 23.1 Å². The second kappa shape index (κ2) is 6.26. The van der Waals surface area contributed by atoms with Crippen molar-refractivity contribution in [3.8, 4) is 5.75 Å². The molecule has 1 aliphatic rings. The molecule has 0 radical (unpaired) electrons. The van der Waals surface area contributed by atoms with Gasteiger partial charge in [0.05, 0.1) is 11.5 Å². The number of rotatable bonds is 4. The highest BCUT2D eigenvalue weighted by atomic mass is 79.9. The molecule has 1 heterocycles. The molecule has 0 aromatic heterocycles. The molecule has 1 aliphatic heterocycles. The minimum absolute atomic E-state index is 0.0375. The predicted octanol–water partition coefficient (Wildman–Crippen LogP) is 2.90. The van der Waals surface area contributed by atoms with Gasteiger partial charge in [-0.15, -0.1) is 0 Å². The van der Waals surface area contributed by atoms with Gasteiger partial charge in [0.15, 0.2) is 9.84 Å². The van der Waals surface area contributed by atoms with Crippen molar-refractivity contribution in [3.63, 3.8) is 0 Å². The van der Waals surface area contributed by atoms with Crippen LogP contribution in [0.1, 0.15) is 32.8 Å². The number of halogens is 1. The Labute approximate surface area is 135 Å². The topological polar surface area (TPSA) is 55.4 Å². The van der Waals surface area contributed by atoms with Crippen molar-refractivity contribution in [2.45, 2.75) is 45.4 Å². The van der Waals surface area contributed by atoms with E-state index >= 15 is 0 Å². The maximum absolute atomic E-state index is 11.5. The lowest BCUT2D eigenvalue weighted by atomic mass is 10.1. The predicted molar refractivity (Wildman–Crippen MR) is 88.4 cm³/mol. The first-order valence-corrected chi connectivity index (χ1v) is 9.67. The molecular formula is C15H22BrNO3S. The van der Waals surface area contributed by atoms with E-state index in [1.165, 1.54) is 0 Å². The lowest BCUT2D eigenvalue weighted by Crippen LogP contribution is -2.35. The van der Waals surface area contributed by atoms with Crippen molar-refractivity contribution in [2.75, 3.05) is 11.5 Å². The maximum atomic E-state index is 11.5. The quantitative estimate of drug-likeness (QED) is 0.878. The van der Waals surface area contributed by atoms with Crippen LogP contribution >= 0.6 is 15.9 Å². The summed E-state index contributed by atoms with van der Waals surface area (Å²) in [5.74, 6) is 1.08. The van der Waals surface area contributed by atoms with Crippen LogP contribution in [0.2, 0.25) is 0 Å². The fourth-order valence-electron chi connectivity index (χ4n) is 2.17. The van der Waals surface area contributed by atoms with Gasteiger partial charge in [-0.3, -0.25) is 0 Å². The van der Waals surface area contributed by atoms with Gasteiger partial charge in [-0.1, -0.05) is 15.9 Å². The van der Waals surface area contributed by atoms with E-state index in [0.29, 0.717) is 6.42 Å². The first-order valence-electron chi connectivity index (χ1n) is 7.05. The summed E-state index contributed by atoms with van der Waals surface area (Å²) in [6.45, 7) is 7.07. The molecule has 0 amide bonds. The lowest BCUT2D eigenvalue weighted by molar-refractivity contribution is 0.228. The molecule has 1 atom stereocenters. The highest BCUT2D eigenvalue weighted by Gasteiger charge is 2.29. The first kappa shape index (κ1) is 16.8. The van der Waals surface area contributed by atoms with Crippen molar-refractivity contribution in [2.24, 2.45) is 0 Å². The third kappa shape index (κ3) is 5.27. The zero-order valence-corrected chi connectivity index (χ0v) is 15.1. The number of nitrogens with one attached hydrogen (secondary N) is 1. The SMILES string of the molecule is CC(C)(C)NCc1cc(OC2CCS(=O)(=O)C2)ccc1Br. The zero-order chi connectivity index (χ0) is 15.7. The Morgan fingerprint density at radius 3 is 2.67 bits per heavy atom. The van der Waals surface area contributed by atoms with Crippen molar-refractivity contribution in [3.05, 3.63) is 28.2 Å². The lowest BCUT2D eigenvalue weighted by Gasteiger charge is -2.21. The van der Waals surface area contributed by atoms with Crippen molar-refractivity contribution < 1.29 is 13.2 Å². The average molecular weight is 376 g/mol. The molecule has 2 rings (SSSR count). The second-order valence-electron chi connectivity index (χ2n) is 6.50. The Bertz CT molecular complexity index is 608. The van der Waals surface area contributed by atoms with Crippen LogP contribution in [0.25, 0.3) is 0 Å². The number of benzene rings is 1. The summed E-state index contributed by atoms with van der Waals surface area (Å²) >= 11 is 3.54. The smallest absolute Gasteiger partial charge is 0.154 e. The molecule has 21 heavy (non-hydrogen) atoms. The molecular weight excluding hydrogens is 354 g/mol. The number of hydrogen-bond acceptors (Lipinski definition) is 4. The molecule has 0 bridgehead atoms. The van der Waals surface area contributed by atoms with E-state index in [9.17, 15) is 8.42 Å². The minimum Gasteiger partial charge on any atom is -0.489 e. The van der Waals surface area contributed by atoms with E-state index in [0.717, 1.165) is 22.3 Å². The summed E-state index contributed by atoms with van der Waals surface area (Å²) in [4.78, 5) is 0. The van der Waals surface area contributed by atoms with Gasteiger partial charge in [-0.2, -0.15) is 0 Å². The van der Waals surface area contributed by atoms with E-state index in [2.05, 4.69) is 42.0 Å². The Hall–Kier alpha value is -0.590. The van der Waals surface area contributed by atoms with Gasteiger partial charge < -0.3 is 10.1 Å². The average Bonchev–Trinajstić information content (AvgIpc) is 2.68. The number of ether oxygens (including phenoxy) is 1. The second-order valence-corrected chi connectivity index (χ2v) is 9.58. The van der Waals surface area contributed by atoms with Crippen LogP contribution in [0.3, 0.4) is 0 Å². The van der Waals surface area contributed by atoms with Crippen LogP contribution in [-0.2, 0) is 16.4 Å². The Morgan fingerprint density at radius 1 is 1.38 bits per heavy atom. The fourth-order valence-corrected chi connectivity index (χ4v) is 4.14. The summed E-state index contributed by atoms with van der Waals surface area (Å²) in [5.41, 5.74) is 1.14. The van der Waals surface area contributed by atoms with Crippen LogP contribution in [0.4, 0.5) is 0 Å². The van der Waals surface area contributed by atoms with Gasteiger partial charge in [-0.05, 0) is 51.0 Å². The third-order valence-electron chi connectivity index (χ3n) is 3.32. The molecule has 0 saturated carbocycles. The highest BCUT2D eigenvalue weighted by molar-refractivity contribution is 9.10.